The van der Waals surface area contributed by atoms with Crippen LogP contribution in [-0.2, 0) is 0 Å². The Balaban J connectivity index is 2.45. The third-order valence-corrected chi connectivity index (χ3v) is 3.97. The lowest BCUT2D eigenvalue weighted by molar-refractivity contribution is 0.870. The summed E-state index contributed by atoms with van der Waals surface area (Å²) in [7, 11) is 0. The zero-order chi connectivity index (χ0) is 11.7. The molecule has 1 aromatic heterocycles. The van der Waals surface area contributed by atoms with Crippen LogP contribution in [0.15, 0.2) is 29.6 Å². The molecule has 0 aliphatic heterocycles. The van der Waals surface area contributed by atoms with Gasteiger partial charge in [-0.05, 0) is 47.7 Å². The summed E-state index contributed by atoms with van der Waals surface area (Å²) >= 11 is 13.8. The number of hydrogen-bond acceptors (Lipinski definition) is 2. The van der Waals surface area contributed by atoms with Crippen molar-refractivity contribution in [2.24, 2.45) is 5.73 Å². The molecule has 4 heteroatoms. The topological polar surface area (TPSA) is 26.0 Å². The number of benzene rings is 1. The van der Waals surface area contributed by atoms with E-state index in [1.54, 1.807) is 23.5 Å². The second-order valence-electron chi connectivity index (χ2n) is 3.58. The highest BCUT2D eigenvalue weighted by Crippen LogP contribution is 2.32. The minimum atomic E-state index is -0.211. The standard InChI is InChI=1S/C12H11Cl2NS/c1-7-9(4-5-16-7)12(15)10-6-8(13)2-3-11(10)14/h2-6,12H,15H2,1H3. The van der Waals surface area contributed by atoms with Gasteiger partial charge >= 0.3 is 0 Å². The zero-order valence-corrected chi connectivity index (χ0v) is 11.0. The van der Waals surface area contributed by atoms with E-state index >= 15 is 0 Å². The Kier molecular flexibility index (Phi) is 3.55. The van der Waals surface area contributed by atoms with Crippen LogP contribution < -0.4 is 5.73 Å². The Bertz CT molecular complexity index is 507. The first kappa shape index (κ1) is 11.9. The zero-order valence-electron chi connectivity index (χ0n) is 8.71. The molecule has 0 amide bonds. The van der Waals surface area contributed by atoms with E-state index in [2.05, 4.69) is 6.92 Å². The molecule has 0 spiro atoms. The molecule has 1 atom stereocenters. The Labute approximate surface area is 109 Å². The fourth-order valence-electron chi connectivity index (χ4n) is 1.64. The van der Waals surface area contributed by atoms with Gasteiger partial charge in [-0.3, -0.25) is 0 Å². The van der Waals surface area contributed by atoms with Crippen molar-refractivity contribution in [1.82, 2.24) is 0 Å². The first-order valence-electron chi connectivity index (χ1n) is 4.84. The van der Waals surface area contributed by atoms with Gasteiger partial charge in [-0.1, -0.05) is 23.2 Å². The quantitative estimate of drug-likeness (QED) is 0.860. The number of rotatable bonds is 2. The van der Waals surface area contributed by atoms with Gasteiger partial charge in [0, 0.05) is 14.9 Å². The number of nitrogens with two attached hydrogens (primary N) is 1. The average molecular weight is 272 g/mol. The van der Waals surface area contributed by atoms with Gasteiger partial charge in [-0.2, -0.15) is 0 Å². The second kappa shape index (κ2) is 4.76. The summed E-state index contributed by atoms with van der Waals surface area (Å²) in [5.74, 6) is 0. The molecule has 2 rings (SSSR count). The van der Waals surface area contributed by atoms with Gasteiger partial charge < -0.3 is 5.73 Å². The van der Waals surface area contributed by atoms with Crippen LogP contribution in [0.5, 0.6) is 0 Å². The molecule has 2 aromatic rings. The second-order valence-corrected chi connectivity index (χ2v) is 5.54. The molecular formula is C12H11Cl2NS. The van der Waals surface area contributed by atoms with E-state index in [1.807, 2.05) is 17.5 Å². The van der Waals surface area contributed by atoms with Crippen molar-refractivity contribution in [3.05, 3.63) is 55.7 Å². The molecule has 84 valence electrons. The maximum Gasteiger partial charge on any atom is 0.0577 e. The summed E-state index contributed by atoms with van der Waals surface area (Å²) in [5.41, 5.74) is 8.17. The van der Waals surface area contributed by atoms with Crippen molar-refractivity contribution < 1.29 is 0 Å². The third-order valence-electron chi connectivity index (χ3n) is 2.53. The summed E-state index contributed by atoms with van der Waals surface area (Å²) < 4.78 is 0. The molecule has 0 saturated heterocycles. The predicted octanol–water partition coefficient (Wildman–Crippen LogP) is 4.41. The van der Waals surface area contributed by atoms with Crippen molar-refractivity contribution in [3.63, 3.8) is 0 Å². The van der Waals surface area contributed by atoms with E-state index in [1.165, 1.54) is 4.88 Å². The van der Waals surface area contributed by atoms with E-state index in [4.69, 9.17) is 28.9 Å². The van der Waals surface area contributed by atoms with Crippen molar-refractivity contribution in [1.29, 1.82) is 0 Å². The fraction of sp³-hybridized carbons (Fsp3) is 0.167. The lowest BCUT2D eigenvalue weighted by atomic mass is 10.0. The van der Waals surface area contributed by atoms with Gasteiger partial charge in [-0.25, -0.2) is 0 Å². The lowest BCUT2D eigenvalue weighted by Crippen LogP contribution is -2.12. The maximum atomic E-state index is 6.19. The molecule has 0 saturated carbocycles. The van der Waals surface area contributed by atoms with Gasteiger partial charge in [0.25, 0.3) is 0 Å². The van der Waals surface area contributed by atoms with E-state index < -0.39 is 0 Å². The van der Waals surface area contributed by atoms with Gasteiger partial charge in [0.15, 0.2) is 0 Å². The first-order chi connectivity index (χ1) is 7.59. The van der Waals surface area contributed by atoms with Crippen LogP contribution in [0.25, 0.3) is 0 Å². The number of hydrogen-bond donors (Lipinski definition) is 1. The van der Waals surface area contributed by atoms with Crippen LogP contribution in [0.2, 0.25) is 10.0 Å². The summed E-state index contributed by atoms with van der Waals surface area (Å²) in [6.45, 7) is 2.05. The largest absolute Gasteiger partial charge is 0.320 e. The summed E-state index contributed by atoms with van der Waals surface area (Å²) in [5, 5.41) is 3.34. The Morgan fingerprint density at radius 2 is 1.94 bits per heavy atom. The molecule has 1 unspecified atom stereocenters. The van der Waals surface area contributed by atoms with Crippen molar-refractivity contribution in [2.75, 3.05) is 0 Å². The maximum absolute atomic E-state index is 6.19. The highest BCUT2D eigenvalue weighted by atomic mass is 35.5. The van der Waals surface area contributed by atoms with E-state index in [9.17, 15) is 0 Å². The van der Waals surface area contributed by atoms with Crippen molar-refractivity contribution >= 4 is 34.5 Å². The Morgan fingerprint density at radius 1 is 1.19 bits per heavy atom. The van der Waals surface area contributed by atoms with Crippen LogP contribution in [0.4, 0.5) is 0 Å². The van der Waals surface area contributed by atoms with Crippen LogP contribution in [0, 0.1) is 6.92 Å². The van der Waals surface area contributed by atoms with E-state index in [-0.39, 0.29) is 6.04 Å². The molecule has 0 aliphatic rings. The van der Waals surface area contributed by atoms with Gasteiger partial charge in [0.2, 0.25) is 0 Å². The van der Waals surface area contributed by atoms with Crippen LogP contribution in [0.1, 0.15) is 22.0 Å². The van der Waals surface area contributed by atoms with E-state index in [0.29, 0.717) is 10.0 Å². The Hall–Kier alpha value is -0.540. The van der Waals surface area contributed by atoms with E-state index in [0.717, 1.165) is 11.1 Å². The molecule has 2 N–H and O–H groups in total. The summed E-state index contributed by atoms with van der Waals surface area (Å²) in [6.07, 6.45) is 0. The SMILES string of the molecule is Cc1sccc1C(N)c1cc(Cl)ccc1Cl. The molecule has 16 heavy (non-hydrogen) atoms. The molecule has 0 fully saturated rings. The first-order valence-corrected chi connectivity index (χ1v) is 6.47. The fourth-order valence-corrected chi connectivity index (χ4v) is 2.80. The molecule has 0 aliphatic carbocycles. The number of thiophene rings is 1. The Morgan fingerprint density at radius 3 is 2.56 bits per heavy atom. The van der Waals surface area contributed by atoms with Crippen LogP contribution >= 0.6 is 34.5 Å². The highest BCUT2D eigenvalue weighted by Gasteiger charge is 2.15. The molecule has 1 aromatic carbocycles. The normalized spacial score (nSPS) is 12.8. The molecule has 0 radical (unpaired) electrons. The van der Waals surface area contributed by atoms with Gasteiger partial charge in [-0.15, -0.1) is 11.3 Å². The van der Waals surface area contributed by atoms with Gasteiger partial charge in [0.05, 0.1) is 6.04 Å². The average Bonchev–Trinajstić information content (AvgIpc) is 2.67. The van der Waals surface area contributed by atoms with Crippen molar-refractivity contribution in [3.8, 4) is 0 Å². The summed E-state index contributed by atoms with van der Waals surface area (Å²) in [4.78, 5) is 1.21. The molecule has 1 nitrogen and oxygen atoms in total. The third kappa shape index (κ3) is 2.25. The van der Waals surface area contributed by atoms with Crippen LogP contribution in [-0.4, -0.2) is 0 Å². The highest BCUT2D eigenvalue weighted by molar-refractivity contribution is 7.10. The number of aryl methyl sites for hydroxylation is 1. The van der Waals surface area contributed by atoms with Crippen molar-refractivity contribution in [2.45, 2.75) is 13.0 Å². The molecule has 1 heterocycles. The minimum absolute atomic E-state index is 0.211. The monoisotopic (exact) mass is 271 g/mol. The molecular weight excluding hydrogens is 261 g/mol. The smallest absolute Gasteiger partial charge is 0.0577 e. The molecule has 0 bridgehead atoms. The van der Waals surface area contributed by atoms with Crippen LogP contribution in [0.3, 0.4) is 0 Å². The predicted molar refractivity (Wildman–Crippen MR) is 71.5 cm³/mol. The number of halogens is 2. The minimum Gasteiger partial charge on any atom is -0.320 e. The summed E-state index contributed by atoms with van der Waals surface area (Å²) in [6, 6.07) is 7.19. The lowest BCUT2D eigenvalue weighted by Gasteiger charge is -2.14. The van der Waals surface area contributed by atoms with Gasteiger partial charge in [0.1, 0.15) is 0 Å².